The maximum atomic E-state index is 12.3. The van der Waals surface area contributed by atoms with Crippen LogP contribution < -0.4 is 4.74 Å². The molecule has 0 spiro atoms. The zero-order valence-electron chi connectivity index (χ0n) is 12.5. The second kappa shape index (κ2) is 5.90. The summed E-state index contributed by atoms with van der Waals surface area (Å²) in [4.78, 5) is 12.3. The highest BCUT2D eigenvalue weighted by Crippen LogP contribution is 2.32. The average Bonchev–Trinajstić information content (AvgIpc) is 2.60. The zero-order valence-corrected chi connectivity index (χ0v) is 12.5. The SMILES string of the molecule is COC(=O)c1c(-c2cccc(OC)c2)ccc2ccccc12. The van der Waals surface area contributed by atoms with Crippen LogP contribution in [0.25, 0.3) is 21.9 Å². The summed E-state index contributed by atoms with van der Waals surface area (Å²) in [5, 5.41) is 1.89. The topological polar surface area (TPSA) is 35.5 Å². The fourth-order valence-corrected chi connectivity index (χ4v) is 2.62. The smallest absolute Gasteiger partial charge is 0.339 e. The van der Waals surface area contributed by atoms with E-state index in [9.17, 15) is 4.79 Å². The van der Waals surface area contributed by atoms with Gasteiger partial charge in [-0.1, -0.05) is 48.5 Å². The van der Waals surface area contributed by atoms with Gasteiger partial charge in [0.15, 0.2) is 0 Å². The number of benzene rings is 3. The Morgan fingerprint density at radius 1 is 0.909 bits per heavy atom. The van der Waals surface area contributed by atoms with Gasteiger partial charge in [0.1, 0.15) is 5.75 Å². The van der Waals surface area contributed by atoms with Crippen LogP contribution in [0, 0.1) is 0 Å². The molecule has 0 bridgehead atoms. The van der Waals surface area contributed by atoms with E-state index in [1.54, 1.807) is 7.11 Å². The molecule has 0 amide bonds. The van der Waals surface area contributed by atoms with E-state index in [4.69, 9.17) is 9.47 Å². The van der Waals surface area contributed by atoms with E-state index >= 15 is 0 Å². The van der Waals surface area contributed by atoms with Crippen LogP contribution in [0.15, 0.2) is 60.7 Å². The van der Waals surface area contributed by atoms with Crippen LogP contribution in [0.4, 0.5) is 0 Å². The molecule has 0 N–H and O–H groups in total. The predicted molar refractivity (Wildman–Crippen MR) is 87.3 cm³/mol. The van der Waals surface area contributed by atoms with Crippen molar-refractivity contribution in [1.29, 1.82) is 0 Å². The van der Waals surface area contributed by atoms with Crippen molar-refractivity contribution in [3.8, 4) is 16.9 Å². The maximum Gasteiger partial charge on any atom is 0.339 e. The summed E-state index contributed by atoms with van der Waals surface area (Å²) in [5.41, 5.74) is 2.34. The molecule has 110 valence electrons. The quantitative estimate of drug-likeness (QED) is 0.675. The average molecular weight is 292 g/mol. The van der Waals surface area contributed by atoms with Gasteiger partial charge < -0.3 is 9.47 Å². The van der Waals surface area contributed by atoms with Crippen LogP contribution in [0.3, 0.4) is 0 Å². The van der Waals surface area contributed by atoms with Crippen LogP contribution in [0.5, 0.6) is 5.75 Å². The van der Waals surface area contributed by atoms with Gasteiger partial charge in [0.2, 0.25) is 0 Å². The maximum absolute atomic E-state index is 12.3. The van der Waals surface area contributed by atoms with Gasteiger partial charge in [-0.25, -0.2) is 4.79 Å². The number of hydrogen-bond donors (Lipinski definition) is 0. The Labute approximate surface area is 129 Å². The number of esters is 1. The summed E-state index contributed by atoms with van der Waals surface area (Å²) < 4.78 is 10.3. The molecule has 3 nitrogen and oxygen atoms in total. The standard InChI is InChI=1S/C19H16O3/c1-21-15-8-5-7-14(12-15)17-11-10-13-6-3-4-9-16(13)18(17)19(20)22-2/h3-12H,1-2H3. The molecular weight excluding hydrogens is 276 g/mol. The van der Waals surface area contributed by atoms with E-state index in [1.165, 1.54) is 7.11 Å². The Hall–Kier alpha value is -2.81. The second-order valence-electron chi connectivity index (χ2n) is 4.93. The highest BCUT2D eigenvalue weighted by atomic mass is 16.5. The predicted octanol–water partition coefficient (Wildman–Crippen LogP) is 4.30. The number of fused-ring (bicyclic) bond motifs is 1. The van der Waals surface area contributed by atoms with Crippen LogP contribution in [0.2, 0.25) is 0 Å². The van der Waals surface area contributed by atoms with E-state index < -0.39 is 0 Å². The highest BCUT2D eigenvalue weighted by Gasteiger charge is 2.17. The first-order chi connectivity index (χ1) is 10.7. The van der Waals surface area contributed by atoms with Crippen molar-refractivity contribution < 1.29 is 14.3 Å². The summed E-state index contributed by atoms with van der Waals surface area (Å²) in [6.07, 6.45) is 0. The largest absolute Gasteiger partial charge is 0.497 e. The second-order valence-corrected chi connectivity index (χ2v) is 4.93. The molecule has 0 heterocycles. The van der Waals surface area contributed by atoms with Crippen LogP contribution in [0.1, 0.15) is 10.4 Å². The molecule has 0 radical (unpaired) electrons. The van der Waals surface area contributed by atoms with Gasteiger partial charge in [-0.05, 0) is 34.0 Å². The van der Waals surface area contributed by atoms with E-state index in [0.29, 0.717) is 5.56 Å². The fraction of sp³-hybridized carbons (Fsp3) is 0.105. The third-order valence-corrected chi connectivity index (χ3v) is 3.70. The normalized spacial score (nSPS) is 10.5. The third-order valence-electron chi connectivity index (χ3n) is 3.70. The lowest BCUT2D eigenvalue weighted by Gasteiger charge is -2.12. The minimum absolute atomic E-state index is 0.338. The molecule has 0 aliphatic heterocycles. The first-order valence-corrected chi connectivity index (χ1v) is 6.99. The van der Waals surface area contributed by atoms with Crippen molar-refractivity contribution in [3.63, 3.8) is 0 Å². The Balaban J connectivity index is 2.30. The lowest BCUT2D eigenvalue weighted by molar-refractivity contribution is 0.0604. The van der Waals surface area contributed by atoms with Crippen molar-refractivity contribution in [2.75, 3.05) is 14.2 Å². The van der Waals surface area contributed by atoms with Gasteiger partial charge in [-0.3, -0.25) is 0 Å². The molecule has 0 saturated heterocycles. The highest BCUT2D eigenvalue weighted by molar-refractivity contribution is 6.10. The van der Waals surface area contributed by atoms with E-state index in [0.717, 1.165) is 27.6 Å². The van der Waals surface area contributed by atoms with Gasteiger partial charge in [-0.2, -0.15) is 0 Å². The van der Waals surface area contributed by atoms with Gasteiger partial charge in [0.05, 0.1) is 19.8 Å². The lowest BCUT2D eigenvalue weighted by Crippen LogP contribution is -2.04. The van der Waals surface area contributed by atoms with Crippen LogP contribution >= 0.6 is 0 Å². The van der Waals surface area contributed by atoms with Crippen molar-refractivity contribution in [1.82, 2.24) is 0 Å². The number of ether oxygens (including phenoxy) is 2. The van der Waals surface area contributed by atoms with Crippen molar-refractivity contribution in [2.24, 2.45) is 0 Å². The third kappa shape index (κ3) is 2.42. The molecular formula is C19H16O3. The number of rotatable bonds is 3. The minimum atomic E-state index is -0.338. The Kier molecular flexibility index (Phi) is 3.79. The monoisotopic (exact) mass is 292 g/mol. The molecule has 0 atom stereocenters. The lowest BCUT2D eigenvalue weighted by atomic mass is 9.94. The van der Waals surface area contributed by atoms with Gasteiger partial charge in [0, 0.05) is 0 Å². The molecule has 0 fully saturated rings. The minimum Gasteiger partial charge on any atom is -0.497 e. The van der Waals surface area contributed by atoms with Gasteiger partial charge in [-0.15, -0.1) is 0 Å². The first-order valence-electron chi connectivity index (χ1n) is 6.99. The summed E-state index contributed by atoms with van der Waals surface area (Å²) in [6.45, 7) is 0. The Bertz CT molecular complexity index is 837. The molecule has 3 aromatic rings. The van der Waals surface area contributed by atoms with Crippen molar-refractivity contribution in [2.45, 2.75) is 0 Å². The summed E-state index contributed by atoms with van der Waals surface area (Å²) in [5.74, 6) is 0.413. The molecule has 0 saturated carbocycles. The molecule has 0 unspecified atom stereocenters. The summed E-state index contributed by atoms with van der Waals surface area (Å²) in [6, 6.07) is 19.4. The number of carbonyl (C=O) groups excluding carboxylic acids is 1. The van der Waals surface area contributed by atoms with Crippen molar-refractivity contribution in [3.05, 3.63) is 66.2 Å². The van der Waals surface area contributed by atoms with Gasteiger partial charge >= 0.3 is 5.97 Å². The van der Waals surface area contributed by atoms with Crippen LogP contribution in [-0.4, -0.2) is 20.2 Å². The van der Waals surface area contributed by atoms with Crippen molar-refractivity contribution >= 4 is 16.7 Å². The molecule has 3 rings (SSSR count). The summed E-state index contributed by atoms with van der Waals surface area (Å²) >= 11 is 0. The zero-order chi connectivity index (χ0) is 15.5. The molecule has 0 aromatic heterocycles. The molecule has 3 aromatic carbocycles. The Morgan fingerprint density at radius 3 is 2.50 bits per heavy atom. The Morgan fingerprint density at radius 2 is 1.73 bits per heavy atom. The van der Waals surface area contributed by atoms with E-state index in [2.05, 4.69) is 0 Å². The molecule has 22 heavy (non-hydrogen) atoms. The van der Waals surface area contributed by atoms with E-state index in [-0.39, 0.29) is 5.97 Å². The number of carbonyl (C=O) groups is 1. The molecule has 3 heteroatoms. The number of hydrogen-bond acceptors (Lipinski definition) is 3. The fourth-order valence-electron chi connectivity index (χ4n) is 2.62. The van der Waals surface area contributed by atoms with E-state index in [1.807, 2.05) is 60.7 Å². The van der Waals surface area contributed by atoms with Gasteiger partial charge in [0.25, 0.3) is 0 Å². The molecule has 0 aliphatic rings. The number of methoxy groups -OCH3 is 2. The first kappa shape index (κ1) is 14.1. The summed E-state index contributed by atoms with van der Waals surface area (Å²) in [7, 11) is 3.03. The molecule has 0 aliphatic carbocycles. The van der Waals surface area contributed by atoms with Crippen LogP contribution in [-0.2, 0) is 4.74 Å².